The van der Waals surface area contributed by atoms with E-state index in [1.54, 1.807) is 0 Å². The number of nitrogens with zero attached hydrogens (tertiary/aromatic N) is 1. The standard InChI is InChI=1S/C20H30N2O3/c1-3-18(16-6-8-17(9-7-16)24-4-2)21-19(23)22-13-11-20(12-14-22)10-5-15-25-20/h6-9,18H,3-5,10-15H2,1-2H3,(H,21,23)/t18-/m1/s1. The predicted octanol–water partition coefficient (Wildman–Crippen LogP) is 3.89. The molecule has 138 valence electrons. The Morgan fingerprint density at radius 3 is 2.52 bits per heavy atom. The van der Waals surface area contributed by atoms with Gasteiger partial charge in [0.25, 0.3) is 0 Å². The van der Waals surface area contributed by atoms with Gasteiger partial charge in [0.05, 0.1) is 18.2 Å². The summed E-state index contributed by atoms with van der Waals surface area (Å²) >= 11 is 0. The minimum atomic E-state index is 0.0294. The first-order valence-electron chi connectivity index (χ1n) is 9.58. The first-order valence-corrected chi connectivity index (χ1v) is 9.58. The molecule has 3 rings (SSSR count). The van der Waals surface area contributed by atoms with Crippen molar-refractivity contribution < 1.29 is 14.3 Å². The Bertz CT molecular complexity index is 557. The van der Waals surface area contributed by atoms with E-state index in [1.807, 2.05) is 36.1 Å². The molecular formula is C20H30N2O3. The van der Waals surface area contributed by atoms with Crippen LogP contribution in [0.25, 0.3) is 0 Å². The molecule has 1 aromatic carbocycles. The summed E-state index contributed by atoms with van der Waals surface area (Å²) in [6.07, 6.45) is 5.08. The van der Waals surface area contributed by atoms with Crippen LogP contribution >= 0.6 is 0 Å². The van der Waals surface area contributed by atoms with Crippen molar-refractivity contribution in [2.24, 2.45) is 0 Å². The summed E-state index contributed by atoms with van der Waals surface area (Å²) in [5.41, 5.74) is 1.17. The van der Waals surface area contributed by atoms with Gasteiger partial charge in [-0.25, -0.2) is 4.79 Å². The molecular weight excluding hydrogens is 316 g/mol. The average molecular weight is 346 g/mol. The SMILES string of the molecule is CCOc1ccc([C@@H](CC)NC(=O)N2CCC3(CCCO3)CC2)cc1. The van der Waals surface area contributed by atoms with Gasteiger partial charge in [-0.05, 0) is 56.7 Å². The summed E-state index contributed by atoms with van der Waals surface area (Å²) in [5, 5.41) is 3.19. The number of benzene rings is 1. The molecule has 1 spiro atoms. The van der Waals surface area contributed by atoms with Crippen molar-refractivity contribution in [3.05, 3.63) is 29.8 Å². The first kappa shape index (κ1) is 18.1. The molecule has 1 aromatic rings. The number of rotatable bonds is 5. The molecule has 2 heterocycles. The number of hydrogen-bond acceptors (Lipinski definition) is 3. The number of piperidine rings is 1. The topological polar surface area (TPSA) is 50.8 Å². The number of urea groups is 1. The molecule has 25 heavy (non-hydrogen) atoms. The van der Waals surface area contributed by atoms with Crippen LogP contribution in [0.3, 0.4) is 0 Å². The highest BCUT2D eigenvalue weighted by atomic mass is 16.5. The Hall–Kier alpha value is -1.75. The largest absolute Gasteiger partial charge is 0.494 e. The van der Waals surface area contributed by atoms with Crippen LogP contribution in [0.15, 0.2) is 24.3 Å². The van der Waals surface area contributed by atoms with Crippen LogP contribution in [0.1, 0.15) is 57.6 Å². The van der Waals surface area contributed by atoms with Crippen molar-refractivity contribution in [3.63, 3.8) is 0 Å². The fraction of sp³-hybridized carbons (Fsp3) is 0.650. The maximum atomic E-state index is 12.7. The van der Waals surface area contributed by atoms with Gasteiger partial charge in [0, 0.05) is 19.7 Å². The molecule has 0 aromatic heterocycles. The normalized spacial score (nSPS) is 20.5. The Morgan fingerprint density at radius 2 is 1.96 bits per heavy atom. The number of carbonyl (C=O) groups is 1. The Kier molecular flexibility index (Phi) is 5.84. The van der Waals surface area contributed by atoms with Gasteiger partial charge in [-0.1, -0.05) is 19.1 Å². The summed E-state index contributed by atoms with van der Waals surface area (Å²) in [6, 6.07) is 8.08. The molecule has 0 radical (unpaired) electrons. The third-order valence-corrected chi connectivity index (χ3v) is 5.45. The van der Waals surface area contributed by atoms with Crippen molar-refractivity contribution in [2.45, 2.75) is 57.6 Å². The third-order valence-electron chi connectivity index (χ3n) is 5.45. The van der Waals surface area contributed by atoms with Crippen LogP contribution < -0.4 is 10.1 Å². The smallest absolute Gasteiger partial charge is 0.317 e. The fourth-order valence-electron chi connectivity index (χ4n) is 3.89. The van der Waals surface area contributed by atoms with Gasteiger partial charge in [0.1, 0.15) is 5.75 Å². The minimum absolute atomic E-state index is 0.0294. The molecule has 0 unspecified atom stereocenters. The first-order chi connectivity index (χ1) is 12.2. The van der Waals surface area contributed by atoms with E-state index in [0.29, 0.717) is 6.61 Å². The molecule has 2 aliphatic rings. The van der Waals surface area contributed by atoms with Gasteiger partial charge >= 0.3 is 6.03 Å². The van der Waals surface area contributed by atoms with E-state index in [4.69, 9.17) is 9.47 Å². The van der Waals surface area contributed by atoms with Gasteiger partial charge in [0.15, 0.2) is 0 Å². The maximum Gasteiger partial charge on any atom is 0.317 e. The van der Waals surface area contributed by atoms with Gasteiger partial charge in [-0.3, -0.25) is 0 Å². The van der Waals surface area contributed by atoms with E-state index >= 15 is 0 Å². The number of carbonyl (C=O) groups excluding carboxylic acids is 1. The monoisotopic (exact) mass is 346 g/mol. The highest BCUT2D eigenvalue weighted by molar-refractivity contribution is 5.75. The third kappa shape index (κ3) is 4.27. The van der Waals surface area contributed by atoms with Gasteiger partial charge in [-0.2, -0.15) is 0 Å². The second-order valence-corrected chi connectivity index (χ2v) is 7.03. The lowest BCUT2D eigenvalue weighted by molar-refractivity contribution is -0.0362. The highest BCUT2D eigenvalue weighted by Crippen LogP contribution is 2.35. The van der Waals surface area contributed by atoms with Crippen molar-refractivity contribution in [3.8, 4) is 5.75 Å². The second-order valence-electron chi connectivity index (χ2n) is 7.03. The molecule has 1 N–H and O–H groups in total. The van der Waals surface area contributed by atoms with Crippen LogP contribution in [0.5, 0.6) is 5.75 Å². The zero-order chi connectivity index (χ0) is 17.7. The van der Waals surface area contributed by atoms with Crippen LogP contribution in [0, 0.1) is 0 Å². The maximum absolute atomic E-state index is 12.7. The molecule has 1 atom stereocenters. The lowest BCUT2D eigenvalue weighted by atomic mass is 9.89. The van der Waals surface area contributed by atoms with E-state index in [1.165, 1.54) is 0 Å². The summed E-state index contributed by atoms with van der Waals surface area (Å²) in [7, 11) is 0. The Balaban J connectivity index is 1.55. The average Bonchev–Trinajstić information content (AvgIpc) is 3.09. The van der Waals surface area contributed by atoms with E-state index < -0.39 is 0 Å². The highest BCUT2D eigenvalue weighted by Gasteiger charge is 2.39. The molecule has 5 nitrogen and oxygen atoms in total. The molecule has 0 saturated carbocycles. The van der Waals surface area contributed by atoms with E-state index in [2.05, 4.69) is 12.2 Å². The van der Waals surface area contributed by atoms with Crippen LogP contribution in [-0.4, -0.2) is 42.8 Å². The number of hydrogen-bond donors (Lipinski definition) is 1. The number of likely N-dealkylation sites (tertiary alicyclic amines) is 1. The molecule has 2 saturated heterocycles. The van der Waals surface area contributed by atoms with Crippen molar-refractivity contribution in [1.29, 1.82) is 0 Å². The van der Waals surface area contributed by atoms with Crippen molar-refractivity contribution >= 4 is 6.03 Å². The lowest BCUT2D eigenvalue weighted by Crippen LogP contribution is -2.50. The summed E-state index contributed by atoms with van der Waals surface area (Å²) in [5.74, 6) is 0.866. The van der Waals surface area contributed by atoms with Crippen LogP contribution in [0.4, 0.5) is 4.79 Å². The van der Waals surface area contributed by atoms with Gasteiger partial charge < -0.3 is 19.7 Å². The second kappa shape index (κ2) is 8.09. The van der Waals surface area contributed by atoms with E-state index in [-0.39, 0.29) is 17.7 Å². The van der Waals surface area contributed by atoms with E-state index in [9.17, 15) is 4.79 Å². The summed E-state index contributed by atoms with van der Waals surface area (Å²) in [4.78, 5) is 14.6. The van der Waals surface area contributed by atoms with Crippen molar-refractivity contribution in [2.75, 3.05) is 26.3 Å². The fourth-order valence-corrected chi connectivity index (χ4v) is 3.89. The number of amides is 2. The molecule has 0 aliphatic carbocycles. The lowest BCUT2D eigenvalue weighted by Gasteiger charge is -2.39. The van der Waals surface area contributed by atoms with Crippen molar-refractivity contribution in [1.82, 2.24) is 10.2 Å². The quantitative estimate of drug-likeness (QED) is 0.880. The van der Waals surface area contributed by atoms with Crippen LogP contribution in [-0.2, 0) is 4.74 Å². The molecule has 0 bridgehead atoms. The molecule has 2 aliphatic heterocycles. The summed E-state index contributed by atoms with van der Waals surface area (Å²) < 4.78 is 11.4. The summed E-state index contributed by atoms with van der Waals surface area (Å²) in [6.45, 7) is 7.17. The number of nitrogens with one attached hydrogen (secondary N) is 1. The number of ether oxygens (including phenoxy) is 2. The Morgan fingerprint density at radius 1 is 1.24 bits per heavy atom. The van der Waals surface area contributed by atoms with Gasteiger partial charge in [-0.15, -0.1) is 0 Å². The van der Waals surface area contributed by atoms with Crippen LogP contribution in [0.2, 0.25) is 0 Å². The zero-order valence-corrected chi connectivity index (χ0v) is 15.4. The molecule has 2 amide bonds. The van der Waals surface area contributed by atoms with Gasteiger partial charge in [0.2, 0.25) is 0 Å². The minimum Gasteiger partial charge on any atom is -0.494 e. The Labute approximate surface area is 150 Å². The predicted molar refractivity (Wildman–Crippen MR) is 97.9 cm³/mol. The zero-order valence-electron chi connectivity index (χ0n) is 15.4. The molecule has 5 heteroatoms. The molecule has 2 fully saturated rings. The van der Waals surface area contributed by atoms with E-state index in [0.717, 1.165) is 63.1 Å².